The van der Waals surface area contributed by atoms with E-state index in [0.29, 0.717) is 19.6 Å². The molecule has 1 aromatic rings. The van der Waals surface area contributed by atoms with Crippen LogP contribution in [0.5, 0.6) is 0 Å². The number of halogens is 1. The van der Waals surface area contributed by atoms with Crippen LogP contribution in [0.3, 0.4) is 0 Å². The van der Waals surface area contributed by atoms with Crippen LogP contribution in [0.1, 0.15) is 39.2 Å². The summed E-state index contributed by atoms with van der Waals surface area (Å²) in [5, 5.41) is 3.06. The average molecular weight is 426 g/mol. The maximum absolute atomic E-state index is 12.4. The second kappa shape index (κ2) is 8.75. The number of ether oxygens (including phenoxy) is 1. The van der Waals surface area contributed by atoms with E-state index in [9.17, 15) is 9.59 Å². The third-order valence-corrected chi connectivity index (χ3v) is 4.96. The van der Waals surface area contributed by atoms with Gasteiger partial charge in [0.25, 0.3) is 0 Å². The second-order valence-electron chi connectivity index (χ2n) is 7.64. The minimum Gasteiger partial charge on any atom is -0.444 e. The molecule has 1 heterocycles. The van der Waals surface area contributed by atoms with Crippen molar-refractivity contribution in [3.05, 3.63) is 34.3 Å². The lowest BCUT2D eigenvalue weighted by molar-refractivity contribution is 0.0200. The molecule has 1 saturated heterocycles. The first-order valence-electron chi connectivity index (χ1n) is 8.88. The number of benzene rings is 1. The molecular formula is C19H28BrN3O3. The third-order valence-electron chi connectivity index (χ3n) is 4.19. The summed E-state index contributed by atoms with van der Waals surface area (Å²) in [4.78, 5) is 27.9. The van der Waals surface area contributed by atoms with Crippen LogP contribution >= 0.6 is 15.9 Å². The van der Waals surface area contributed by atoms with E-state index in [1.54, 1.807) is 16.8 Å². The van der Waals surface area contributed by atoms with Crippen molar-refractivity contribution in [2.24, 2.45) is 0 Å². The first-order chi connectivity index (χ1) is 12.2. The van der Waals surface area contributed by atoms with Gasteiger partial charge in [-0.1, -0.05) is 34.1 Å². The monoisotopic (exact) mass is 425 g/mol. The Hall–Kier alpha value is -1.76. The lowest BCUT2D eigenvalue weighted by atomic mass is 10.1. The molecule has 0 bridgehead atoms. The number of likely N-dealkylation sites (tertiary alicyclic amines) is 1. The Labute approximate surface area is 164 Å². The van der Waals surface area contributed by atoms with Crippen molar-refractivity contribution in [1.29, 1.82) is 0 Å². The number of amides is 3. The Morgan fingerprint density at radius 3 is 2.46 bits per heavy atom. The molecule has 0 saturated carbocycles. The number of urea groups is 1. The first kappa shape index (κ1) is 20.6. The Morgan fingerprint density at radius 2 is 1.88 bits per heavy atom. The van der Waals surface area contributed by atoms with Gasteiger partial charge < -0.3 is 19.9 Å². The van der Waals surface area contributed by atoms with E-state index in [4.69, 9.17) is 4.74 Å². The minimum atomic E-state index is -0.490. The van der Waals surface area contributed by atoms with Crippen molar-refractivity contribution in [3.63, 3.8) is 0 Å². The average Bonchev–Trinajstić information content (AvgIpc) is 2.56. The molecule has 1 aliphatic heterocycles. The van der Waals surface area contributed by atoms with E-state index >= 15 is 0 Å². The number of rotatable bonds is 3. The Balaban J connectivity index is 1.79. The van der Waals surface area contributed by atoms with E-state index in [-0.39, 0.29) is 18.2 Å². The van der Waals surface area contributed by atoms with Gasteiger partial charge in [-0.15, -0.1) is 0 Å². The Bertz CT molecular complexity index is 637. The molecule has 3 amide bonds. The van der Waals surface area contributed by atoms with Gasteiger partial charge in [0, 0.05) is 37.2 Å². The fraction of sp³-hybridized carbons (Fsp3) is 0.579. The number of piperidine rings is 1. The summed E-state index contributed by atoms with van der Waals surface area (Å²) in [6.45, 7) is 7.29. The van der Waals surface area contributed by atoms with Crippen molar-refractivity contribution < 1.29 is 14.3 Å². The van der Waals surface area contributed by atoms with Crippen LogP contribution in [0.15, 0.2) is 28.7 Å². The summed E-state index contributed by atoms with van der Waals surface area (Å²) in [5.74, 6) is 0. The van der Waals surface area contributed by atoms with Gasteiger partial charge in [-0.05, 0) is 45.2 Å². The van der Waals surface area contributed by atoms with Gasteiger partial charge in [-0.25, -0.2) is 9.59 Å². The molecule has 0 atom stereocenters. The van der Waals surface area contributed by atoms with Crippen molar-refractivity contribution in [3.8, 4) is 0 Å². The highest BCUT2D eigenvalue weighted by molar-refractivity contribution is 9.10. The summed E-state index contributed by atoms with van der Waals surface area (Å²) >= 11 is 3.51. The van der Waals surface area contributed by atoms with E-state index in [1.807, 2.05) is 45.0 Å². The van der Waals surface area contributed by atoms with Gasteiger partial charge in [-0.2, -0.15) is 0 Å². The predicted molar refractivity (Wildman–Crippen MR) is 105 cm³/mol. The molecule has 2 rings (SSSR count). The normalized spacial score (nSPS) is 15.5. The molecule has 26 heavy (non-hydrogen) atoms. The fourth-order valence-electron chi connectivity index (χ4n) is 2.77. The summed E-state index contributed by atoms with van der Waals surface area (Å²) < 4.78 is 6.39. The standard InChI is InChI=1S/C19H28BrN3O3/c1-19(2,3)26-18(25)23-11-9-15(10-12-23)21-17(24)22(4)13-14-7-5-6-8-16(14)20/h5-8,15H,9-13H2,1-4H3,(H,21,24). The lowest BCUT2D eigenvalue weighted by Crippen LogP contribution is -2.50. The molecule has 1 fully saturated rings. The predicted octanol–water partition coefficient (Wildman–Crippen LogP) is 3.99. The van der Waals surface area contributed by atoms with Gasteiger partial charge in [0.15, 0.2) is 0 Å². The van der Waals surface area contributed by atoms with Crippen LogP contribution in [0.2, 0.25) is 0 Å². The number of hydrogen-bond donors (Lipinski definition) is 1. The van der Waals surface area contributed by atoms with E-state index in [0.717, 1.165) is 22.9 Å². The quantitative estimate of drug-likeness (QED) is 0.795. The SMILES string of the molecule is CN(Cc1ccccc1Br)C(=O)NC1CCN(C(=O)OC(C)(C)C)CC1. The first-order valence-corrected chi connectivity index (χ1v) is 9.68. The van der Waals surface area contributed by atoms with Crippen LogP contribution in [-0.2, 0) is 11.3 Å². The molecule has 1 N–H and O–H groups in total. The van der Waals surface area contributed by atoms with E-state index in [1.165, 1.54) is 0 Å². The third kappa shape index (κ3) is 6.20. The summed E-state index contributed by atoms with van der Waals surface area (Å²) in [6.07, 6.45) is 1.18. The highest BCUT2D eigenvalue weighted by Gasteiger charge is 2.28. The number of nitrogens with one attached hydrogen (secondary N) is 1. The van der Waals surface area contributed by atoms with Gasteiger partial charge in [0.2, 0.25) is 0 Å². The van der Waals surface area contributed by atoms with Crippen LogP contribution in [0.4, 0.5) is 9.59 Å². The topological polar surface area (TPSA) is 61.9 Å². The fourth-order valence-corrected chi connectivity index (χ4v) is 3.18. The number of carbonyl (C=O) groups excluding carboxylic acids is 2. The van der Waals surface area contributed by atoms with Gasteiger partial charge in [0.05, 0.1) is 0 Å². The molecule has 6 nitrogen and oxygen atoms in total. The van der Waals surface area contributed by atoms with Crippen molar-refractivity contribution in [1.82, 2.24) is 15.1 Å². The highest BCUT2D eigenvalue weighted by atomic mass is 79.9. The van der Waals surface area contributed by atoms with Crippen molar-refractivity contribution in [2.45, 2.75) is 51.8 Å². The van der Waals surface area contributed by atoms with Crippen LogP contribution in [0, 0.1) is 0 Å². The summed E-state index contributed by atoms with van der Waals surface area (Å²) in [5.41, 5.74) is 0.571. The van der Waals surface area contributed by atoms with E-state index < -0.39 is 5.60 Å². The largest absolute Gasteiger partial charge is 0.444 e. The van der Waals surface area contributed by atoms with Gasteiger partial charge in [-0.3, -0.25) is 0 Å². The number of nitrogens with zero attached hydrogens (tertiary/aromatic N) is 2. The Kier molecular flexibility index (Phi) is 6.92. The molecule has 1 aromatic carbocycles. The summed E-state index contributed by atoms with van der Waals surface area (Å²) in [7, 11) is 1.78. The van der Waals surface area contributed by atoms with Gasteiger partial charge >= 0.3 is 12.1 Å². The van der Waals surface area contributed by atoms with Crippen LogP contribution in [0.25, 0.3) is 0 Å². The molecule has 0 radical (unpaired) electrons. The highest BCUT2D eigenvalue weighted by Crippen LogP contribution is 2.18. The van der Waals surface area contributed by atoms with Gasteiger partial charge in [0.1, 0.15) is 5.60 Å². The molecule has 0 aliphatic carbocycles. The minimum absolute atomic E-state index is 0.0721. The number of hydrogen-bond acceptors (Lipinski definition) is 3. The zero-order chi connectivity index (χ0) is 19.3. The molecule has 1 aliphatic rings. The molecule has 0 spiro atoms. The smallest absolute Gasteiger partial charge is 0.410 e. The number of carbonyl (C=O) groups is 2. The molecular weight excluding hydrogens is 398 g/mol. The Morgan fingerprint density at radius 1 is 1.27 bits per heavy atom. The van der Waals surface area contributed by atoms with E-state index in [2.05, 4.69) is 21.2 Å². The zero-order valence-corrected chi connectivity index (χ0v) is 17.5. The maximum Gasteiger partial charge on any atom is 0.410 e. The molecule has 0 aromatic heterocycles. The van der Waals surface area contributed by atoms with Crippen LogP contribution in [-0.4, -0.2) is 53.7 Å². The molecule has 0 unspecified atom stereocenters. The van der Waals surface area contributed by atoms with Crippen molar-refractivity contribution >= 4 is 28.1 Å². The maximum atomic E-state index is 12.4. The summed E-state index contributed by atoms with van der Waals surface area (Å²) in [6, 6.07) is 7.84. The second-order valence-corrected chi connectivity index (χ2v) is 8.49. The lowest BCUT2D eigenvalue weighted by Gasteiger charge is -2.34. The zero-order valence-electron chi connectivity index (χ0n) is 15.9. The van der Waals surface area contributed by atoms with Crippen molar-refractivity contribution in [2.75, 3.05) is 20.1 Å². The molecule has 7 heteroatoms. The molecule has 144 valence electrons. The van der Waals surface area contributed by atoms with Crippen LogP contribution < -0.4 is 5.32 Å².